The van der Waals surface area contributed by atoms with E-state index in [1.54, 1.807) is 7.11 Å². The SMILES string of the molecule is COCc1c(CN)nnn1C(C)CCCO. The number of nitrogens with zero attached hydrogens (tertiary/aromatic N) is 3. The van der Waals surface area contributed by atoms with E-state index in [2.05, 4.69) is 10.3 Å². The Morgan fingerprint density at radius 3 is 2.88 bits per heavy atom. The second-order valence-electron chi connectivity index (χ2n) is 3.78. The van der Waals surface area contributed by atoms with E-state index in [4.69, 9.17) is 15.6 Å². The summed E-state index contributed by atoms with van der Waals surface area (Å²) < 4.78 is 6.95. The van der Waals surface area contributed by atoms with E-state index in [1.165, 1.54) is 0 Å². The minimum atomic E-state index is 0.197. The Hall–Kier alpha value is -0.980. The van der Waals surface area contributed by atoms with Gasteiger partial charge in [-0.05, 0) is 19.8 Å². The molecule has 0 radical (unpaired) electrons. The van der Waals surface area contributed by atoms with Crippen LogP contribution in [-0.4, -0.2) is 33.8 Å². The highest BCUT2D eigenvalue weighted by Crippen LogP contribution is 2.16. The summed E-state index contributed by atoms with van der Waals surface area (Å²) in [4.78, 5) is 0. The topological polar surface area (TPSA) is 86.2 Å². The summed E-state index contributed by atoms with van der Waals surface area (Å²) in [5.41, 5.74) is 7.29. The van der Waals surface area contributed by atoms with E-state index < -0.39 is 0 Å². The van der Waals surface area contributed by atoms with E-state index >= 15 is 0 Å². The highest BCUT2D eigenvalue weighted by Gasteiger charge is 2.15. The van der Waals surface area contributed by atoms with Crippen LogP contribution in [0.15, 0.2) is 0 Å². The Kier molecular flexibility index (Phi) is 5.37. The summed E-state index contributed by atoms with van der Waals surface area (Å²) in [6, 6.07) is 0.199. The van der Waals surface area contributed by atoms with Crippen LogP contribution in [0.1, 0.15) is 37.2 Å². The average Bonchev–Trinajstić information content (AvgIpc) is 2.69. The van der Waals surface area contributed by atoms with Crippen molar-refractivity contribution in [3.63, 3.8) is 0 Å². The Morgan fingerprint density at radius 1 is 1.56 bits per heavy atom. The number of ether oxygens (including phenoxy) is 1. The molecule has 3 N–H and O–H groups in total. The van der Waals surface area contributed by atoms with Gasteiger partial charge in [-0.25, -0.2) is 4.68 Å². The average molecular weight is 228 g/mol. The van der Waals surface area contributed by atoms with Gasteiger partial charge in [-0.2, -0.15) is 0 Å². The molecule has 1 aromatic rings. The molecule has 6 nitrogen and oxygen atoms in total. The van der Waals surface area contributed by atoms with Crippen LogP contribution in [0.3, 0.4) is 0 Å². The van der Waals surface area contributed by atoms with Crippen LogP contribution in [0.5, 0.6) is 0 Å². The van der Waals surface area contributed by atoms with Crippen molar-refractivity contribution in [2.45, 2.75) is 39.0 Å². The molecule has 0 aliphatic carbocycles. The fraction of sp³-hybridized carbons (Fsp3) is 0.800. The van der Waals surface area contributed by atoms with Crippen LogP contribution in [0.2, 0.25) is 0 Å². The van der Waals surface area contributed by atoms with Crippen LogP contribution >= 0.6 is 0 Å². The molecule has 92 valence electrons. The van der Waals surface area contributed by atoms with Crippen molar-refractivity contribution in [3.8, 4) is 0 Å². The molecule has 1 rings (SSSR count). The molecule has 0 aromatic carbocycles. The Bertz CT molecular complexity index is 314. The Labute approximate surface area is 95.4 Å². The quantitative estimate of drug-likeness (QED) is 0.697. The minimum absolute atomic E-state index is 0.197. The molecular weight excluding hydrogens is 208 g/mol. The number of aliphatic hydroxyl groups excluding tert-OH is 1. The molecule has 0 saturated carbocycles. The van der Waals surface area contributed by atoms with Crippen LogP contribution in [0.4, 0.5) is 0 Å². The molecular formula is C10H20N4O2. The van der Waals surface area contributed by atoms with E-state index in [9.17, 15) is 0 Å². The molecule has 0 spiro atoms. The second kappa shape index (κ2) is 6.57. The molecule has 0 aliphatic heterocycles. The summed E-state index contributed by atoms with van der Waals surface area (Å²) in [5.74, 6) is 0. The van der Waals surface area contributed by atoms with Crippen molar-refractivity contribution in [3.05, 3.63) is 11.4 Å². The van der Waals surface area contributed by atoms with Crippen LogP contribution in [0, 0.1) is 0 Å². The van der Waals surface area contributed by atoms with Gasteiger partial charge in [-0.3, -0.25) is 0 Å². The Morgan fingerprint density at radius 2 is 2.31 bits per heavy atom. The van der Waals surface area contributed by atoms with Crippen molar-refractivity contribution >= 4 is 0 Å². The predicted molar refractivity (Wildman–Crippen MR) is 59.7 cm³/mol. The molecule has 1 heterocycles. The van der Waals surface area contributed by atoms with Crippen LogP contribution in [-0.2, 0) is 17.9 Å². The molecule has 0 fully saturated rings. The van der Waals surface area contributed by atoms with Gasteiger partial charge >= 0.3 is 0 Å². The maximum Gasteiger partial charge on any atom is 0.102 e. The van der Waals surface area contributed by atoms with Gasteiger partial charge in [0.2, 0.25) is 0 Å². The number of methoxy groups -OCH3 is 1. The molecule has 1 aromatic heterocycles. The van der Waals surface area contributed by atoms with Gasteiger partial charge in [0.25, 0.3) is 0 Å². The molecule has 16 heavy (non-hydrogen) atoms. The highest BCUT2D eigenvalue weighted by atomic mass is 16.5. The molecule has 1 atom stereocenters. The number of hydrogen-bond donors (Lipinski definition) is 2. The van der Waals surface area contributed by atoms with Crippen molar-refractivity contribution in [1.29, 1.82) is 0 Å². The third-order valence-electron chi connectivity index (χ3n) is 2.54. The molecule has 6 heteroatoms. The number of aromatic nitrogens is 3. The lowest BCUT2D eigenvalue weighted by atomic mass is 10.2. The third-order valence-corrected chi connectivity index (χ3v) is 2.54. The number of hydrogen-bond acceptors (Lipinski definition) is 5. The van der Waals surface area contributed by atoms with Crippen molar-refractivity contribution in [2.75, 3.05) is 13.7 Å². The van der Waals surface area contributed by atoms with Crippen molar-refractivity contribution < 1.29 is 9.84 Å². The van der Waals surface area contributed by atoms with Crippen LogP contribution in [0.25, 0.3) is 0 Å². The maximum absolute atomic E-state index is 8.80. The third kappa shape index (κ3) is 3.01. The van der Waals surface area contributed by atoms with Gasteiger partial charge in [-0.15, -0.1) is 5.10 Å². The molecule has 1 unspecified atom stereocenters. The van der Waals surface area contributed by atoms with Gasteiger partial charge in [0.05, 0.1) is 18.3 Å². The monoisotopic (exact) mass is 228 g/mol. The molecule has 0 saturated heterocycles. The van der Waals surface area contributed by atoms with E-state index in [1.807, 2.05) is 11.6 Å². The van der Waals surface area contributed by atoms with Gasteiger partial charge < -0.3 is 15.6 Å². The number of nitrogens with two attached hydrogens (primary N) is 1. The smallest absolute Gasteiger partial charge is 0.102 e. The summed E-state index contributed by atoms with van der Waals surface area (Å²) >= 11 is 0. The van der Waals surface area contributed by atoms with Gasteiger partial charge in [-0.1, -0.05) is 5.21 Å². The first-order valence-corrected chi connectivity index (χ1v) is 5.47. The fourth-order valence-electron chi connectivity index (χ4n) is 1.65. The summed E-state index contributed by atoms with van der Waals surface area (Å²) in [6.07, 6.45) is 1.62. The zero-order chi connectivity index (χ0) is 12.0. The van der Waals surface area contributed by atoms with Gasteiger partial charge in [0.15, 0.2) is 0 Å². The van der Waals surface area contributed by atoms with E-state index in [0.29, 0.717) is 13.2 Å². The Balaban J connectivity index is 2.81. The standard InChI is InChI=1S/C10H20N4O2/c1-8(4-3-5-15)14-10(7-16-2)9(6-11)12-13-14/h8,15H,3-7,11H2,1-2H3. The fourth-order valence-corrected chi connectivity index (χ4v) is 1.65. The maximum atomic E-state index is 8.80. The minimum Gasteiger partial charge on any atom is -0.396 e. The molecule has 0 bridgehead atoms. The number of aliphatic hydroxyl groups is 1. The first kappa shape index (κ1) is 13.1. The lowest BCUT2D eigenvalue weighted by Crippen LogP contribution is -2.13. The highest BCUT2D eigenvalue weighted by molar-refractivity contribution is 5.09. The number of rotatable bonds is 7. The van der Waals surface area contributed by atoms with E-state index in [0.717, 1.165) is 24.2 Å². The normalized spacial score (nSPS) is 13.0. The summed E-state index contributed by atoms with van der Waals surface area (Å²) in [5, 5.41) is 16.9. The van der Waals surface area contributed by atoms with E-state index in [-0.39, 0.29) is 12.6 Å². The zero-order valence-electron chi connectivity index (χ0n) is 9.89. The molecule has 0 aliphatic rings. The van der Waals surface area contributed by atoms with Gasteiger partial charge in [0.1, 0.15) is 5.69 Å². The first-order valence-electron chi connectivity index (χ1n) is 5.47. The summed E-state index contributed by atoms with van der Waals surface area (Å²) in [7, 11) is 1.63. The second-order valence-corrected chi connectivity index (χ2v) is 3.78. The molecule has 0 amide bonds. The van der Waals surface area contributed by atoms with Crippen LogP contribution < -0.4 is 5.73 Å². The lowest BCUT2D eigenvalue weighted by Gasteiger charge is -2.14. The lowest BCUT2D eigenvalue weighted by molar-refractivity contribution is 0.172. The van der Waals surface area contributed by atoms with Crippen molar-refractivity contribution in [1.82, 2.24) is 15.0 Å². The van der Waals surface area contributed by atoms with Gasteiger partial charge in [0, 0.05) is 20.3 Å². The predicted octanol–water partition coefficient (Wildman–Crippen LogP) is 0.217. The summed E-state index contributed by atoms with van der Waals surface area (Å²) in [6.45, 7) is 3.07. The zero-order valence-corrected chi connectivity index (χ0v) is 9.89. The largest absolute Gasteiger partial charge is 0.396 e. The van der Waals surface area contributed by atoms with Crippen molar-refractivity contribution in [2.24, 2.45) is 5.73 Å². The first-order chi connectivity index (χ1) is 7.74.